The van der Waals surface area contributed by atoms with Crippen molar-refractivity contribution in [2.24, 2.45) is 0 Å². The van der Waals surface area contributed by atoms with Gasteiger partial charge in [-0.1, -0.05) is 40.9 Å². The number of rotatable bonds is 1. The monoisotopic (exact) mass is 258 g/mol. The highest BCUT2D eigenvalue weighted by Crippen LogP contribution is 2.35. The first-order valence-corrected chi connectivity index (χ1v) is 5.24. The van der Waals surface area contributed by atoms with Crippen molar-refractivity contribution >= 4 is 34.8 Å². The average molecular weight is 260 g/mol. The van der Waals surface area contributed by atoms with Crippen LogP contribution in [0.5, 0.6) is 0 Å². The van der Waals surface area contributed by atoms with Gasteiger partial charge in [0.1, 0.15) is 5.69 Å². The lowest BCUT2D eigenvalue weighted by atomic mass is 10.1. The standard InChI is InChI=1S/C10H5Cl3N2/c11-6-2-1-3-7(12)8(6)9-10(13)15-5-4-14-9/h1-5H. The predicted molar refractivity (Wildman–Crippen MR) is 62.5 cm³/mol. The van der Waals surface area contributed by atoms with Crippen molar-refractivity contribution < 1.29 is 0 Å². The molecule has 15 heavy (non-hydrogen) atoms. The molecule has 5 heteroatoms. The first kappa shape index (κ1) is 10.7. The van der Waals surface area contributed by atoms with Crippen LogP contribution < -0.4 is 0 Å². The summed E-state index contributed by atoms with van der Waals surface area (Å²) in [6, 6.07) is 5.22. The van der Waals surface area contributed by atoms with Crippen LogP contribution in [0.4, 0.5) is 0 Å². The summed E-state index contributed by atoms with van der Waals surface area (Å²) in [6.07, 6.45) is 3.05. The maximum absolute atomic E-state index is 6.03. The van der Waals surface area contributed by atoms with E-state index in [1.165, 1.54) is 6.20 Å². The Balaban J connectivity index is 2.69. The molecule has 0 aliphatic rings. The fourth-order valence-electron chi connectivity index (χ4n) is 1.21. The second-order valence-corrected chi connectivity index (χ2v) is 3.96. The van der Waals surface area contributed by atoms with Gasteiger partial charge in [-0.05, 0) is 12.1 Å². The van der Waals surface area contributed by atoms with Crippen molar-refractivity contribution in [3.63, 3.8) is 0 Å². The van der Waals surface area contributed by atoms with E-state index in [-0.39, 0.29) is 5.15 Å². The van der Waals surface area contributed by atoms with E-state index < -0.39 is 0 Å². The van der Waals surface area contributed by atoms with Gasteiger partial charge in [0, 0.05) is 18.0 Å². The number of hydrogen-bond donors (Lipinski definition) is 0. The Hall–Kier alpha value is -0.830. The molecule has 2 rings (SSSR count). The molecule has 0 saturated heterocycles. The van der Waals surface area contributed by atoms with E-state index >= 15 is 0 Å². The van der Waals surface area contributed by atoms with E-state index in [9.17, 15) is 0 Å². The van der Waals surface area contributed by atoms with Gasteiger partial charge in [-0.3, -0.25) is 4.98 Å². The molecule has 2 nitrogen and oxygen atoms in total. The molecule has 0 aliphatic heterocycles. The second kappa shape index (κ2) is 4.35. The third kappa shape index (κ3) is 2.07. The van der Waals surface area contributed by atoms with Gasteiger partial charge in [-0.15, -0.1) is 0 Å². The van der Waals surface area contributed by atoms with Gasteiger partial charge in [0.25, 0.3) is 0 Å². The lowest BCUT2D eigenvalue weighted by Crippen LogP contribution is -1.89. The Morgan fingerprint density at radius 1 is 0.867 bits per heavy atom. The van der Waals surface area contributed by atoms with Gasteiger partial charge in [-0.25, -0.2) is 4.98 Å². The summed E-state index contributed by atoms with van der Waals surface area (Å²) in [4.78, 5) is 8.03. The van der Waals surface area contributed by atoms with Crippen molar-refractivity contribution in [3.05, 3.63) is 45.8 Å². The quantitative estimate of drug-likeness (QED) is 0.770. The molecule has 0 spiro atoms. The summed E-state index contributed by atoms with van der Waals surface area (Å²) in [6.45, 7) is 0. The minimum absolute atomic E-state index is 0.285. The molecule has 2 aromatic rings. The molecule has 1 aromatic carbocycles. The van der Waals surface area contributed by atoms with Gasteiger partial charge < -0.3 is 0 Å². The van der Waals surface area contributed by atoms with Crippen LogP contribution in [0.1, 0.15) is 0 Å². The molecule has 0 atom stereocenters. The Bertz CT molecular complexity index is 480. The van der Waals surface area contributed by atoms with E-state index in [2.05, 4.69) is 9.97 Å². The normalized spacial score (nSPS) is 10.3. The molecule has 0 N–H and O–H groups in total. The zero-order valence-electron chi connectivity index (χ0n) is 7.42. The number of nitrogens with zero attached hydrogens (tertiary/aromatic N) is 2. The summed E-state index contributed by atoms with van der Waals surface area (Å²) < 4.78 is 0. The fraction of sp³-hybridized carbons (Fsp3) is 0. The third-order valence-corrected chi connectivity index (χ3v) is 2.76. The van der Waals surface area contributed by atoms with Crippen LogP contribution in [0.25, 0.3) is 11.3 Å². The molecule has 0 radical (unpaired) electrons. The molecule has 1 aromatic heterocycles. The van der Waals surface area contributed by atoms with Crippen LogP contribution in [0.3, 0.4) is 0 Å². The Morgan fingerprint density at radius 3 is 2.07 bits per heavy atom. The molecular weight excluding hydrogens is 254 g/mol. The van der Waals surface area contributed by atoms with Gasteiger partial charge in [0.15, 0.2) is 5.15 Å². The molecule has 0 fully saturated rings. The molecule has 0 bridgehead atoms. The number of benzene rings is 1. The predicted octanol–water partition coefficient (Wildman–Crippen LogP) is 4.10. The summed E-state index contributed by atoms with van der Waals surface area (Å²) in [7, 11) is 0. The SMILES string of the molecule is Clc1cccc(Cl)c1-c1nccnc1Cl. The van der Waals surface area contributed by atoms with Crippen molar-refractivity contribution in [2.75, 3.05) is 0 Å². The van der Waals surface area contributed by atoms with E-state index in [1.807, 2.05) is 0 Å². The van der Waals surface area contributed by atoms with Gasteiger partial charge >= 0.3 is 0 Å². The van der Waals surface area contributed by atoms with Crippen molar-refractivity contribution in [3.8, 4) is 11.3 Å². The summed E-state index contributed by atoms with van der Waals surface area (Å²) in [5, 5.41) is 1.29. The summed E-state index contributed by atoms with van der Waals surface area (Å²) >= 11 is 18.0. The topological polar surface area (TPSA) is 25.8 Å². The molecule has 1 heterocycles. The van der Waals surface area contributed by atoms with Crippen LogP contribution in [0, 0.1) is 0 Å². The number of hydrogen-bond acceptors (Lipinski definition) is 2. The summed E-state index contributed by atoms with van der Waals surface area (Å²) in [5.41, 5.74) is 1.11. The Labute approximate surface area is 102 Å². The average Bonchev–Trinajstić information content (AvgIpc) is 2.20. The summed E-state index contributed by atoms with van der Waals surface area (Å²) in [5.74, 6) is 0. The Kier molecular flexibility index (Phi) is 3.10. The van der Waals surface area contributed by atoms with Crippen LogP contribution in [0.15, 0.2) is 30.6 Å². The molecule has 76 valence electrons. The molecule has 0 saturated carbocycles. The van der Waals surface area contributed by atoms with Crippen molar-refractivity contribution in [1.82, 2.24) is 9.97 Å². The smallest absolute Gasteiger partial charge is 0.155 e. The maximum atomic E-state index is 6.03. The third-order valence-electron chi connectivity index (χ3n) is 1.85. The Morgan fingerprint density at radius 2 is 1.47 bits per heavy atom. The minimum atomic E-state index is 0.285. The zero-order chi connectivity index (χ0) is 10.8. The number of aromatic nitrogens is 2. The van der Waals surface area contributed by atoms with E-state index in [1.54, 1.807) is 24.4 Å². The van der Waals surface area contributed by atoms with Crippen LogP contribution in [-0.4, -0.2) is 9.97 Å². The highest BCUT2D eigenvalue weighted by Gasteiger charge is 2.12. The molecule has 0 aliphatic carbocycles. The number of halogens is 3. The lowest BCUT2D eigenvalue weighted by molar-refractivity contribution is 1.21. The van der Waals surface area contributed by atoms with Crippen molar-refractivity contribution in [2.45, 2.75) is 0 Å². The van der Waals surface area contributed by atoms with E-state index in [0.29, 0.717) is 21.3 Å². The van der Waals surface area contributed by atoms with Crippen LogP contribution >= 0.6 is 34.8 Å². The van der Waals surface area contributed by atoms with Crippen molar-refractivity contribution in [1.29, 1.82) is 0 Å². The highest BCUT2D eigenvalue weighted by molar-refractivity contribution is 6.40. The van der Waals surface area contributed by atoms with E-state index in [0.717, 1.165) is 0 Å². The van der Waals surface area contributed by atoms with Crippen LogP contribution in [-0.2, 0) is 0 Å². The fourth-order valence-corrected chi connectivity index (χ4v) is 1.99. The zero-order valence-corrected chi connectivity index (χ0v) is 9.68. The van der Waals surface area contributed by atoms with Gasteiger partial charge in [-0.2, -0.15) is 0 Å². The van der Waals surface area contributed by atoms with Gasteiger partial charge in [0.05, 0.1) is 10.0 Å². The van der Waals surface area contributed by atoms with Crippen LogP contribution in [0.2, 0.25) is 15.2 Å². The lowest BCUT2D eigenvalue weighted by Gasteiger charge is -2.06. The minimum Gasteiger partial charge on any atom is -0.251 e. The first-order chi connectivity index (χ1) is 7.20. The van der Waals surface area contributed by atoms with E-state index in [4.69, 9.17) is 34.8 Å². The molecular formula is C10H5Cl3N2. The van der Waals surface area contributed by atoms with Gasteiger partial charge in [0.2, 0.25) is 0 Å². The second-order valence-electron chi connectivity index (χ2n) is 2.79. The largest absolute Gasteiger partial charge is 0.251 e. The maximum Gasteiger partial charge on any atom is 0.155 e. The highest BCUT2D eigenvalue weighted by atomic mass is 35.5. The molecule has 0 unspecified atom stereocenters. The first-order valence-electron chi connectivity index (χ1n) is 4.11. The molecule has 0 amide bonds.